The molecule has 0 bridgehead atoms. The second-order valence-electron chi connectivity index (χ2n) is 10.3. The molecule has 3 aliphatic rings. The Morgan fingerprint density at radius 1 is 1.05 bits per heavy atom. The number of benzene rings is 2. The van der Waals surface area contributed by atoms with E-state index >= 15 is 4.39 Å². The first-order valence-electron chi connectivity index (χ1n) is 13.2. The maximum Gasteiger partial charge on any atom is 0.420 e. The van der Waals surface area contributed by atoms with Gasteiger partial charge in [-0.05, 0) is 71.2 Å². The number of amides is 1. The van der Waals surface area contributed by atoms with E-state index < -0.39 is 27.8 Å². The van der Waals surface area contributed by atoms with Gasteiger partial charge in [-0.3, -0.25) is 4.90 Å². The van der Waals surface area contributed by atoms with Crippen molar-refractivity contribution in [3.63, 3.8) is 0 Å². The van der Waals surface area contributed by atoms with E-state index in [4.69, 9.17) is 9.47 Å². The average Bonchev–Trinajstić information content (AvgIpc) is 3.30. The second kappa shape index (κ2) is 11.1. The molecule has 8 nitrogen and oxygen atoms in total. The van der Waals surface area contributed by atoms with Gasteiger partial charge < -0.3 is 14.4 Å². The molecule has 0 spiro atoms. The summed E-state index contributed by atoms with van der Waals surface area (Å²) >= 11 is 1.29. The number of carbonyl (C=O) groups is 1. The Hall–Kier alpha value is -3.06. The summed E-state index contributed by atoms with van der Waals surface area (Å²) in [6.45, 7) is 3.25. The fourth-order valence-corrected chi connectivity index (χ4v) is 7.84. The summed E-state index contributed by atoms with van der Waals surface area (Å²) in [6, 6.07) is 13.7. The number of morpholine rings is 1. The van der Waals surface area contributed by atoms with Gasteiger partial charge in [0, 0.05) is 32.7 Å². The highest BCUT2D eigenvalue weighted by atomic mass is 32.2. The number of fused-ring (bicyclic) bond motifs is 1. The molecule has 1 saturated carbocycles. The lowest BCUT2D eigenvalue weighted by molar-refractivity contribution is 0.122. The fourth-order valence-electron chi connectivity index (χ4n) is 5.67. The van der Waals surface area contributed by atoms with Crippen LogP contribution in [0.3, 0.4) is 0 Å². The second-order valence-corrected chi connectivity index (χ2v) is 13.2. The molecule has 2 aromatic carbocycles. The zero-order chi connectivity index (χ0) is 27.9. The lowest BCUT2D eigenvalue weighted by Crippen LogP contribution is -2.39. The zero-order valence-corrected chi connectivity index (χ0v) is 23.3. The number of rotatable bonds is 8. The molecule has 2 unspecified atom stereocenters. The standard InChI is InChI=1S/C28H29F2N3O5S2/c29-20-5-3-19(4-6-20)18-40(35,36)32-15-22-23(16-32)24(22)17-33(28(34)38-27-2-1-13-39-27)21-7-8-26(25(30)14-21)31-9-11-37-12-10-31/h1-8,13-14,22-24H,9-12,15-18H2. The van der Waals surface area contributed by atoms with Crippen LogP contribution in [0.25, 0.3) is 0 Å². The Morgan fingerprint density at radius 3 is 2.42 bits per heavy atom. The van der Waals surface area contributed by atoms with Gasteiger partial charge in [-0.15, -0.1) is 11.3 Å². The van der Waals surface area contributed by atoms with Gasteiger partial charge in [-0.2, -0.15) is 0 Å². The Labute approximate surface area is 235 Å². The average molecular weight is 590 g/mol. The lowest BCUT2D eigenvalue weighted by atomic mass is 10.2. The molecule has 40 heavy (non-hydrogen) atoms. The molecule has 0 radical (unpaired) electrons. The number of carbonyl (C=O) groups excluding carboxylic acids is 1. The summed E-state index contributed by atoms with van der Waals surface area (Å²) in [5.41, 5.74) is 1.38. The van der Waals surface area contributed by atoms with E-state index in [9.17, 15) is 17.6 Å². The predicted octanol–water partition coefficient (Wildman–Crippen LogP) is 4.58. The molecule has 3 aromatic rings. The third-order valence-corrected chi connectivity index (χ3v) is 10.4. The smallest absolute Gasteiger partial charge is 0.399 e. The van der Waals surface area contributed by atoms with Gasteiger partial charge in [-0.25, -0.2) is 26.3 Å². The summed E-state index contributed by atoms with van der Waals surface area (Å²) < 4.78 is 66.9. The van der Waals surface area contributed by atoms with Crippen LogP contribution in [-0.2, 0) is 20.5 Å². The fraction of sp³-hybridized carbons (Fsp3) is 0.393. The Balaban J connectivity index is 1.15. The van der Waals surface area contributed by atoms with Crippen molar-refractivity contribution in [2.75, 3.05) is 55.7 Å². The topological polar surface area (TPSA) is 79.4 Å². The molecule has 3 fully saturated rings. The van der Waals surface area contributed by atoms with Crippen molar-refractivity contribution in [1.82, 2.24) is 4.31 Å². The van der Waals surface area contributed by atoms with Crippen LogP contribution in [0.4, 0.5) is 25.0 Å². The van der Waals surface area contributed by atoms with Crippen LogP contribution in [0.1, 0.15) is 5.56 Å². The van der Waals surface area contributed by atoms with Crippen molar-refractivity contribution in [3.05, 3.63) is 77.2 Å². The van der Waals surface area contributed by atoms with E-state index in [0.717, 1.165) is 0 Å². The van der Waals surface area contributed by atoms with E-state index in [0.29, 0.717) is 67.9 Å². The SMILES string of the molecule is O=C(Oc1cccs1)N(CC1C2CN(S(=O)(=O)Cc3ccc(F)cc3)CC12)c1ccc(N2CCOCC2)c(F)c1. The first-order chi connectivity index (χ1) is 19.3. The van der Waals surface area contributed by atoms with E-state index in [2.05, 4.69) is 0 Å². The minimum absolute atomic E-state index is 0.0649. The highest BCUT2D eigenvalue weighted by Gasteiger charge is 2.58. The number of nitrogens with zero attached hydrogens (tertiary/aromatic N) is 3. The Kier molecular flexibility index (Phi) is 7.51. The molecular formula is C28H29F2N3O5S2. The van der Waals surface area contributed by atoms with Gasteiger partial charge in [0.25, 0.3) is 0 Å². The number of hydrogen-bond donors (Lipinski definition) is 0. The molecule has 2 aliphatic heterocycles. The van der Waals surface area contributed by atoms with E-state index in [1.165, 1.54) is 50.9 Å². The van der Waals surface area contributed by atoms with Gasteiger partial charge in [-0.1, -0.05) is 12.1 Å². The van der Waals surface area contributed by atoms with Crippen molar-refractivity contribution < 1.29 is 31.5 Å². The molecule has 3 heterocycles. The summed E-state index contributed by atoms with van der Waals surface area (Å²) in [7, 11) is -3.56. The van der Waals surface area contributed by atoms with Gasteiger partial charge in [0.1, 0.15) is 11.6 Å². The molecule has 6 rings (SSSR count). The number of thiophene rings is 1. The molecule has 1 aliphatic carbocycles. The van der Waals surface area contributed by atoms with Crippen molar-refractivity contribution in [3.8, 4) is 5.06 Å². The van der Waals surface area contributed by atoms with E-state index in [1.54, 1.807) is 29.6 Å². The van der Waals surface area contributed by atoms with Crippen LogP contribution >= 0.6 is 11.3 Å². The number of halogens is 2. The summed E-state index contributed by atoms with van der Waals surface area (Å²) in [5.74, 6) is -0.775. The number of piperidine rings is 1. The summed E-state index contributed by atoms with van der Waals surface area (Å²) in [5, 5.41) is 2.24. The van der Waals surface area contributed by atoms with Gasteiger partial charge >= 0.3 is 6.09 Å². The van der Waals surface area contributed by atoms with Crippen molar-refractivity contribution in [2.24, 2.45) is 17.8 Å². The Morgan fingerprint density at radius 2 is 1.77 bits per heavy atom. The predicted molar refractivity (Wildman–Crippen MR) is 148 cm³/mol. The number of sulfonamides is 1. The largest absolute Gasteiger partial charge is 0.420 e. The summed E-state index contributed by atoms with van der Waals surface area (Å²) in [4.78, 5) is 16.6. The van der Waals surface area contributed by atoms with Crippen LogP contribution in [0.2, 0.25) is 0 Å². The molecule has 212 valence electrons. The van der Waals surface area contributed by atoms with Gasteiger partial charge in [0.05, 0.1) is 30.3 Å². The third-order valence-electron chi connectivity index (χ3n) is 7.89. The maximum atomic E-state index is 15.2. The quantitative estimate of drug-likeness (QED) is 0.383. The normalized spacial score (nSPS) is 22.6. The molecule has 12 heteroatoms. The maximum absolute atomic E-state index is 15.2. The first-order valence-corrected chi connectivity index (χ1v) is 15.6. The minimum atomic E-state index is -3.56. The molecule has 2 saturated heterocycles. The van der Waals surface area contributed by atoms with E-state index in [-0.39, 0.29) is 23.5 Å². The number of hydrogen-bond acceptors (Lipinski definition) is 7. The van der Waals surface area contributed by atoms with Crippen LogP contribution in [0, 0.1) is 29.4 Å². The van der Waals surface area contributed by atoms with Crippen molar-refractivity contribution in [1.29, 1.82) is 0 Å². The monoisotopic (exact) mass is 589 g/mol. The van der Waals surface area contributed by atoms with Crippen LogP contribution in [0.15, 0.2) is 60.0 Å². The minimum Gasteiger partial charge on any atom is -0.399 e. The van der Waals surface area contributed by atoms with Gasteiger partial charge in [0.15, 0.2) is 5.06 Å². The van der Waals surface area contributed by atoms with E-state index in [1.807, 2.05) is 4.90 Å². The van der Waals surface area contributed by atoms with Crippen molar-refractivity contribution in [2.45, 2.75) is 5.75 Å². The molecule has 2 atom stereocenters. The molecule has 0 N–H and O–H groups in total. The van der Waals surface area contributed by atoms with Crippen LogP contribution in [-0.4, -0.2) is 64.8 Å². The lowest BCUT2D eigenvalue weighted by Gasteiger charge is -2.30. The van der Waals surface area contributed by atoms with Crippen molar-refractivity contribution >= 4 is 38.8 Å². The number of anilines is 2. The van der Waals surface area contributed by atoms with Crippen LogP contribution in [0.5, 0.6) is 5.06 Å². The molecular weight excluding hydrogens is 560 g/mol. The number of ether oxygens (including phenoxy) is 2. The highest BCUT2D eigenvalue weighted by molar-refractivity contribution is 7.88. The highest BCUT2D eigenvalue weighted by Crippen LogP contribution is 2.53. The first kappa shape index (κ1) is 27.1. The zero-order valence-electron chi connectivity index (χ0n) is 21.6. The summed E-state index contributed by atoms with van der Waals surface area (Å²) in [6.07, 6.45) is -0.605. The Bertz CT molecular complexity index is 1450. The van der Waals surface area contributed by atoms with Crippen LogP contribution < -0.4 is 14.5 Å². The molecule has 1 amide bonds. The molecule has 1 aromatic heterocycles. The van der Waals surface area contributed by atoms with Gasteiger partial charge in [0.2, 0.25) is 10.0 Å². The third kappa shape index (κ3) is 5.71.